The Bertz CT molecular complexity index is 190. The van der Waals surface area contributed by atoms with E-state index in [0.717, 1.165) is 25.1 Å². The van der Waals surface area contributed by atoms with Crippen LogP contribution in [0.25, 0.3) is 0 Å². The molecule has 0 aliphatic carbocycles. The number of rotatable bonds is 9. The molecular formula is C10H22N2O2S. The normalized spacial score (nSPS) is 14.9. The molecule has 90 valence electrons. The van der Waals surface area contributed by atoms with E-state index in [9.17, 15) is 4.79 Å². The SMILES string of the molecule is CCCNC(C)(CSCCCO)C(N)=O. The van der Waals surface area contributed by atoms with Gasteiger partial charge in [-0.1, -0.05) is 6.92 Å². The van der Waals surface area contributed by atoms with Gasteiger partial charge >= 0.3 is 0 Å². The van der Waals surface area contributed by atoms with Crippen LogP contribution in [0.1, 0.15) is 26.7 Å². The number of amides is 1. The van der Waals surface area contributed by atoms with Gasteiger partial charge in [0.15, 0.2) is 0 Å². The van der Waals surface area contributed by atoms with E-state index in [1.54, 1.807) is 11.8 Å². The first-order valence-corrected chi connectivity index (χ1v) is 6.46. The number of nitrogens with one attached hydrogen (secondary N) is 1. The molecule has 0 saturated heterocycles. The van der Waals surface area contributed by atoms with Crippen LogP contribution in [-0.4, -0.2) is 41.2 Å². The fourth-order valence-electron chi connectivity index (χ4n) is 1.05. The Morgan fingerprint density at radius 2 is 2.27 bits per heavy atom. The predicted molar refractivity (Wildman–Crippen MR) is 64.9 cm³/mol. The summed E-state index contributed by atoms with van der Waals surface area (Å²) in [5, 5.41) is 11.8. The maximum absolute atomic E-state index is 11.3. The number of carbonyl (C=O) groups excluding carboxylic acids is 1. The molecular weight excluding hydrogens is 212 g/mol. The molecule has 15 heavy (non-hydrogen) atoms. The number of thioether (sulfide) groups is 1. The van der Waals surface area contributed by atoms with Crippen molar-refractivity contribution in [2.75, 3.05) is 24.7 Å². The maximum Gasteiger partial charge on any atom is 0.238 e. The Hall–Kier alpha value is -0.260. The molecule has 0 aliphatic rings. The monoisotopic (exact) mass is 234 g/mol. The highest BCUT2D eigenvalue weighted by atomic mass is 32.2. The molecule has 0 rings (SSSR count). The van der Waals surface area contributed by atoms with Crippen molar-refractivity contribution in [2.24, 2.45) is 5.73 Å². The van der Waals surface area contributed by atoms with E-state index in [-0.39, 0.29) is 12.5 Å². The van der Waals surface area contributed by atoms with Crippen LogP contribution in [0.5, 0.6) is 0 Å². The Kier molecular flexibility index (Phi) is 7.82. The molecule has 0 bridgehead atoms. The summed E-state index contributed by atoms with van der Waals surface area (Å²) < 4.78 is 0. The van der Waals surface area contributed by atoms with Crippen LogP contribution >= 0.6 is 11.8 Å². The molecule has 1 atom stereocenters. The van der Waals surface area contributed by atoms with Crippen LogP contribution in [-0.2, 0) is 4.79 Å². The van der Waals surface area contributed by atoms with E-state index in [1.807, 2.05) is 13.8 Å². The molecule has 0 aromatic heterocycles. The Morgan fingerprint density at radius 3 is 2.73 bits per heavy atom. The van der Waals surface area contributed by atoms with Crippen molar-refractivity contribution in [1.82, 2.24) is 5.32 Å². The van der Waals surface area contributed by atoms with Gasteiger partial charge in [0.1, 0.15) is 5.54 Å². The molecule has 0 aliphatic heterocycles. The zero-order chi connectivity index (χ0) is 11.7. The zero-order valence-corrected chi connectivity index (χ0v) is 10.4. The zero-order valence-electron chi connectivity index (χ0n) is 9.58. The molecule has 4 nitrogen and oxygen atoms in total. The average Bonchev–Trinajstić information content (AvgIpc) is 2.21. The summed E-state index contributed by atoms with van der Waals surface area (Å²) in [5.74, 6) is 1.20. The number of hydrogen-bond acceptors (Lipinski definition) is 4. The summed E-state index contributed by atoms with van der Waals surface area (Å²) in [4.78, 5) is 11.3. The standard InChI is InChI=1S/C10H22N2O2S/c1-3-5-12-10(2,9(11)14)8-15-7-4-6-13/h12-13H,3-8H2,1-2H3,(H2,11,14). The third-order valence-corrected chi connectivity index (χ3v) is 3.51. The van der Waals surface area contributed by atoms with Gasteiger partial charge in [-0.2, -0.15) is 11.8 Å². The molecule has 5 heteroatoms. The van der Waals surface area contributed by atoms with Gasteiger partial charge in [-0.3, -0.25) is 4.79 Å². The number of aliphatic hydroxyl groups excluding tert-OH is 1. The molecule has 0 heterocycles. The van der Waals surface area contributed by atoms with Gasteiger partial charge < -0.3 is 16.2 Å². The molecule has 0 radical (unpaired) electrons. The number of hydrogen-bond donors (Lipinski definition) is 3. The van der Waals surface area contributed by atoms with Gasteiger partial charge in [-0.25, -0.2) is 0 Å². The number of carbonyl (C=O) groups is 1. The molecule has 1 unspecified atom stereocenters. The van der Waals surface area contributed by atoms with Crippen molar-refractivity contribution in [2.45, 2.75) is 32.2 Å². The number of nitrogens with two attached hydrogens (primary N) is 1. The van der Waals surface area contributed by atoms with Gasteiger partial charge in [0.25, 0.3) is 0 Å². The van der Waals surface area contributed by atoms with Crippen molar-refractivity contribution < 1.29 is 9.90 Å². The number of primary amides is 1. The van der Waals surface area contributed by atoms with Crippen molar-refractivity contribution in [3.05, 3.63) is 0 Å². The lowest BCUT2D eigenvalue weighted by molar-refractivity contribution is -0.122. The minimum absolute atomic E-state index is 0.197. The fraction of sp³-hybridized carbons (Fsp3) is 0.900. The summed E-state index contributed by atoms with van der Waals surface area (Å²) in [7, 11) is 0. The van der Waals surface area contributed by atoms with Crippen LogP contribution < -0.4 is 11.1 Å². The van der Waals surface area contributed by atoms with E-state index in [0.29, 0.717) is 5.75 Å². The van der Waals surface area contributed by atoms with Crippen LogP contribution in [0.2, 0.25) is 0 Å². The molecule has 0 aromatic carbocycles. The Morgan fingerprint density at radius 1 is 1.60 bits per heavy atom. The topological polar surface area (TPSA) is 75.3 Å². The van der Waals surface area contributed by atoms with Crippen LogP contribution in [0, 0.1) is 0 Å². The van der Waals surface area contributed by atoms with Crippen molar-refractivity contribution in [1.29, 1.82) is 0 Å². The summed E-state index contributed by atoms with van der Waals surface area (Å²) >= 11 is 1.64. The highest BCUT2D eigenvalue weighted by Crippen LogP contribution is 2.13. The summed E-state index contributed by atoms with van der Waals surface area (Å²) in [6, 6.07) is 0. The van der Waals surface area contributed by atoms with Crippen molar-refractivity contribution in [3.8, 4) is 0 Å². The van der Waals surface area contributed by atoms with Gasteiger partial charge in [0.2, 0.25) is 5.91 Å². The van der Waals surface area contributed by atoms with Crippen LogP contribution in [0.15, 0.2) is 0 Å². The first kappa shape index (κ1) is 14.7. The summed E-state index contributed by atoms with van der Waals surface area (Å²) in [6.07, 6.45) is 1.73. The highest BCUT2D eigenvalue weighted by molar-refractivity contribution is 7.99. The van der Waals surface area contributed by atoms with E-state index < -0.39 is 5.54 Å². The van der Waals surface area contributed by atoms with E-state index in [4.69, 9.17) is 10.8 Å². The van der Waals surface area contributed by atoms with Crippen molar-refractivity contribution >= 4 is 17.7 Å². The van der Waals surface area contributed by atoms with Gasteiger partial charge in [0, 0.05) is 12.4 Å². The average molecular weight is 234 g/mol. The Balaban J connectivity index is 3.96. The van der Waals surface area contributed by atoms with Crippen LogP contribution in [0.3, 0.4) is 0 Å². The largest absolute Gasteiger partial charge is 0.396 e. The second-order valence-electron chi connectivity index (χ2n) is 3.75. The quantitative estimate of drug-likeness (QED) is 0.503. The third-order valence-electron chi connectivity index (χ3n) is 2.15. The molecule has 0 fully saturated rings. The molecule has 0 aromatic rings. The summed E-state index contributed by atoms with van der Waals surface area (Å²) in [5.41, 5.74) is 4.73. The van der Waals surface area contributed by atoms with E-state index >= 15 is 0 Å². The van der Waals surface area contributed by atoms with E-state index in [1.165, 1.54) is 0 Å². The maximum atomic E-state index is 11.3. The minimum Gasteiger partial charge on any atom is -0.396 e. The predicted octanol–water partition coefficient (Wildman–Crippen LogP) is 0.346. The van der Waals surface area contributed by atoms with Gasteiger partial charge in [-0.15, -0.1) is 0 Å². The fourth-order valence-corrected chi connectivity index (χ4v) is 2.18. The molecule has 0 spiro atoms. The lowest BCUT2D eigenvalue weighted by Gasteiger charge is -2.27. The highest BCUT2D eigenvalue weighted by Gasteiger charge is 2.29. The van der Waals surface area contributed by atoms with Crippen molar-refractivity contribution in [3.63, 3.8) is 0 Å². The first-order chi connectivity index (χ1) is 7.06. The summed E-state index contributed by atoms with van der Waals surface area (Å²) in [6.45, 7) is 4.87. The Labute approximate surface area is 96.0 Å². The second kappa shape index (κ2) is 7.96. The third kappa shape index (κ3) is 6.02. The van der Waals surface area contributed by atoms with E-state index in [2.05, 4.69) is 5.32 Å². The van der Waals surface area contributed by atoms with Gasteiger partial charge in [-0.05, 0) is 32.1 Å². The van der Waals surface area contributed by atoms with Gasteiger partial charge in [0.05, 0.1) is 0 Å². The molecule has 0 saturated carbocycles. The lowest BCUT2D eigenvalue weighted by atomic mass is 10.1. The second-order valence-corrected chi connectivity index (χ2v) is 4.86. The first-order valence-electron chi connectivity index (χ1n) is 5.30. The molecule has 1 amide bonds. The smallest absolute Gasteiger partial charge is 0.238 e. The molecule has 4 N–H and O–H groups in total. The number of aliphatic hydroxyl groups is 1. The van der Waals surface area contributed by atoms with Crippen LogP contribution in [0.4, 0.5) is 0 Å². The lowest BCUT2D eigenvalue weighted by Crippen LogP contribution is -2.55. The minimum atomic E-state index is -0.629.